The van der Waals surface area contributed by atoms with E-state index >= 15 is 0 Å². The molecular formula is C26H32N10O3S. The first-order valence-corrected chi connectivity index (χ1v) is 15.1. The fourth-order valence-corrected chi connectivity index (χ4v) is 6.24. The van der Waals surface area contributed by atoms with Gasteiger partial charge in [-0.05, 0) is 38.8 Å². The van der Waals surface area contributed by atoms with Gasteiger partial charge in [0.1, 0.15) is 17.3 Å². The number of H-pyrrole nitrogens is 1. The molecule has 4 aromatic heterocycles. The molecule has 1 unspecified atom stereocenters. The van der Waals surface area contributed by atoms with Gasteiger partial charge in [0.05, 0.1) is 17.5 Å². The number of aromatic nitrogens is 6. The largest absolute Gasteiger partial charge is 0.358 e. The van der Waals surface area contributed by atoms with Crippen molar-refractivity contribution < 1.29 is 12.9 Å². The quantitative estimate of drug-likeness (QED) is 0.325. The van der Waals surface area contributed by atoms with Crippen molar-refractivity contribution in [3.8, 4) is 11.4 Å². The lowest BCUT2D eigenvalue weighted by atomic mass is 10.1. The second kappa shape index (κ2) is 10.8. The average molecular weight is 565 g/mol. The number of piperazine rings is 1. The Kier molecular flexibility index (Phi) is 7.11. The maximum absolute atomic E-state index is 12.4. The summed E-state index contributed by atoms with van der Waals surface area (Å²) >= 11 is 0. The van der Waals surface area contributed by atoms with E-state index in [-0.39, 0.29) is 11.8 Å². The van der Waals surface area contributed by atoms with E-state index in [4.69, 9.17) is 14.5 Å². The molecule has 13 nitrogen and oxygen atoms in total. The first-order valence-electron chi connectivity index (χ1n) is 13.4. The second-order valence-electron chi connectivity index (χ2n) is 9.94. The zero-order chi connectivity index (χ0) is 27.7. The van der Waals surface area contributed by atoms with Crippen molar-refractivity contribution in [2.24, 2.45) is 0 Å². The van der Waals surface area contributed by atoms with Crippen LogP contribution < -0.4 is 15.1 Å². The summed E-state index contributed by atoms with van der Waals surface area (Å²) in [4.78, 5) is 18.5. The second-order valence-corrected chi connectivity index (χ2v) is 12.2. The van der Waals surface area contributed by atoms with Crippen LogP contribution in [0, 0.1) is 6.92 Å². The Morgan fingerprint density at radius 2 is 1.90 bits per heavy atom. The van der Waals surface area contributed by atoms with Crippen molar-refractivity contribution in [2.45, 2.75) is 32.7 Å². The number of aryl methyl sites for hydroxylation is 1. The molecule has 0 radical (unpaired) electrons. The number of pyridine rings is 1. The van der Waals surface area contributed by atoms with Gasteiger partial charge >= 0.3 is 0 Å². The molecule has 2 fully saturated rings. The molecule has 0 aromatic carbocycles. The number of hydrogen-bond acceptors (Lipinski definition) is 11. The Morgan fingerprint density at radius 1 is 1.05 bits per heavy atom. The van der Waals surface area contributed by atoms with Crippen LogP contribution in [0.3, 0.4) is 0 Å². The Hall–Kier alpha value is -4.04. The summed E-state index contributed by atoms with van der Waals surface area (Å²) in [5.74, 6) is 3.39. The lowest BCUT2D eigenvalue weighted by molar-refractivity contribution is 0.362. The molecule has 0 spiro atoms. The van der Waals surface area contributed by atoms with Crippen molar-refractivity contribution in [1.82, 2.24) is 34.6 Å². The molecule has 1 atom stereocenters. The molecule has 6 heterocycles. The molecule has 2 saturated heterocycles. The standard InChI is InChI=1S/C26H32N10O3S/c1-3-40(37,38)35-13-11-34(12-14-35)25-17-23(28-24-15-18(2)31-32-24)29-26(30-25)36-10-6-8-21(36)22-16-20(33-39-22)19-7-4-5-9-27-19/h4-5,7,9,15-17,21H,3,6,8,10-14H2,1-2H3,(H2,28,29,30,31,32). The van der Waals surface area contributed by atoms with Gasteiger partial charge in [-0.1, -0.05) is 11.2 Å². The van der Waals surface area contributed by atoms with E-state index in [0.717, 1.165) is 42.4 Å². The fourth-order valence-electron chi connectivity index (χ4n) is 5.15. The Morgan fingerprint density at radius 3 is 2.62 bits per heavy atom. The van der Waals surface area contributed by atoms with Crippen LogP contribution in [0.25, 0.3) is 11.4 Å². The van der Waals surface area contributed by atoms with Gasteiger partial charge in [0, 0.05) is 62.8 Å². The van der Waals surface area contributed by atoms with Crippen LogP contribution in [0.5, 0.6) is 0 Å². The molecule has 14 heteroatoms. The summed E-state index contributed by atoms with van der Waals surface area (Å²) in [5.41, 5.74) is 2.37. The van der Waals surface area contributed by atoms with Gasteiger partial charge in [-0.25, -0.2) is 8.42 Å². The van der Waals surface area contributed by atoms with Gasteiger partial charge < -0.3 is 19.6 Å². The summed E-state index contributed by atoms with van der Waals surface area (Å²) < 4.78 is 32.1. The van der Waals surface area contributed by atoms with Crippen LogP contribution in [0.4, 0.5) is 23.4 Å². The number of nitrogens with one attached hydrogen (secondary N) is 2. The molecule has 0 saturated carbocycles. The van der Waals surface area contributed by atoms with Crippen LogP contribution in [-0.4, -0.2) is 81.5 Å². The van der Waals surface area contributed by atoms with Crippen molar-refractivity contribution in [1.29, 1.82) is 0 Å². The van der Waals surface area contributed by atoms with Gasteiger partial charge in [0.15, 0.2) is 11.6 Å². The number of anilines is 4. The molecule has 210 valence electrons. The van der Waals surface area contributed by atoms with Crippen LogP contribution in [-0.2, 0) is 10.0 Å². The lowest BCUT2D eigenvalue weighted by Crippen LogP contribution is -2.49. The van der Waals surface area contributed by atoms with Crippen LogP contribution >= 0.6 is 0 Å². The van der Waals surface area contributed by atoms with Gasteiger partial charge in [-0.2, -0.15) is 19.4 Å². The predicted octanol–water partition coefficient (Wildman–Crippen LogP) is 3.11. The minimum atomic E-state index is -3.23. The van der Waals surface area contributed by atoms with Gasteiger partial charge in [0.25, 0.3) is 0 Å². The zero-order valence-electron chi connectivity index (χ0n) is 22.5. The van der Waals surface area contributed by atoms with Crippen LogP contribution in [0.15, 0.2) is 47.1 Å². The van der Waals surface area contributed by atoms with E-state index in [1.807, 2.05) is 43.3 Å². The van der Waals surface area contributed by atoms with Crippen molar-refractivity contribution in [3.05, 3.63) is 54.0 Å². The number of nitrogens with zero attached hydrogens (tertiary/aromatic N) is 8. The maximum Gasteiger partial charge on any atom is 0.229 e. The Bertz CT molecular complexity index is 1560. The molecule has 2 aliphatic rings. The van der Waals surface area contributed by atoms with E-state index in [2.05, 4.69) is 35.5 Å². The molecule has 0 bridgehead atoms. The molecule has 0 aliphatic carbocycles. The Labute approximate surface area is 232 Å². The van der Waals surface area contributed by atoms with E-state index < -0.39 is 10.0 Å². The maximum atomic E-state index is 12.4. The highest BCUT2D eigenvalue weighted by atomic mass is 32.2. The molecule has 2 aliphatic heterocycles. The third kappa shape index (κ3) is 5.36. The molecule has 0 amide bonds. The van der Waals surface area contributed by atoms with E-state index in [9.17, 15) is 8.42 Å². The summed E-state index contributed by atoms with van der Waals surface area (Å²) in [6, 6.07) is 11.3. The van der Waals surface area contributed by atoms with Crippen LogP contribution in [0.2, 0.25) is 0 Å². The van der Waals surface area contributed by atoms with Gasteiger partial charge in [-0.3, -0.25) is 10.1 Å². The minimum absolute atomic E-state index is 0.0766. The average Bonchev–Trinajstić information content (AvgIpc) is 3.75. The number of rotatable bonds is 8. The third-order valence-electron chi connectivity index (χ3n) is 7.28. The van der Waals surface area contributed by atoms with Crippen LogP contribution in [0.1, 0.15) is 37.3 Å². The summed E-state index contributed by atoms with van der Waals surface area (Å²) in [7, 11) is -3.23. The summed E-state index contributed by atoms with van der Waals surface area (Å²) in [5, 5.41) is 14.8. The zero-order valence-corrected chi connectivity index (χ0v) is 23.3. The summed E-state index contributed by atoms with van der Waals surface area (Å²) in [6.45, 7) is 6.27. The molecule has 6 rings (SSSR count). The first kappa shape index (κ1) is 26.2. The number of hydrogen-bond donors (Lipinski definition) is 2. The smallest absolute Gasteiger partial charge is 0.229 e. The third-order valence-corrected chi connectivity index (χ3v) is 9.16. The van der Waals surface area contributed by atoms with E-state index in [0.29, 0.717) is 49.5 Å². The summed E-state index contributed by atoms with van der Waals surface area (Å²) in [6.07, 6.45) is 3.56. The topological polar surface area (TPSA) is 149 Å². The SMILES string of the molecule is CCS(=O)(=O)N1CCN(c2cc(Nc3cc(C)[nH]n3)nc(N3CCCC3c3cc(-c4ccccn4)no3)n2)CC1. The van der Waals surface area contributed by atoms with E-state index in [1.165, 1.54) is 0 Å². The van der Waals surface area contributed by atoms with Gasteiger partial charge in [0.2, 0.25) is 16.0 Å². The Balaban J connectivity index is 1.30. The normalized spacial score (nSPS) is 18.4. The van der Waals surface area contributed by atoms with Crippen molar-refractivity contribution in [2.75, 3.05) is 53.6 Å². The fraction of sp³-hybridized carbons (Fsp3) is 0.423. The predicted molar refractivity (Wildman–Crippen MR) is 151 cm³/mol. The molecular weight excluding hydrogens is 532 g/mol. The van der Waals surface area contributed by atoms with E-state index in [1.54, 1.807) is 17.4 Å². The number of aromatic amines is 1. The van der Waals surface area contributed by atoms with Crippen molar-refractivity contribution >= 4 is 33.4 Å². The minimum Gasteiger partial charge on any atom is -0.358 e. The highest BCUT2D eigenvalue weighted by molar-refractivity contribution is 7.89. The lowest BCUT2D eigenvalue weighted by Gasteiger charge is -2.35. The van der Waals surface area contributed by atoms with Gasteiger partial charge in [-0.15, -0.1) is 0 Å². The van der Waals surface area contributed by atoms with Crippen molar-refractivity contribution in [3.63, 3.8) is 0 Å². The highest BCUT2D eigenvalue weighted by Crippen LogP contribution is 2.37. The molecule has 4 aromatic rings. The molecule has 40 heavy (non-hydrogen) atoms. The first-order chi connectivity index (χ1) is 19.4. The number of sulfonamides is 1. The highest BCUT2D eigenvalue weighted by Gasteiger charge is 2.33. The molecule has 2 N–H and O–H groups in total. The monoisotopic (exact) mass is 564 g/mol.